The van der Waals surface area contributed by atoms with Crippen molar-refractivity contribution in [1.29, 1.82) is 5.26 Å². The normalized spacial score (nSPS) is 10.2. The summed E-state index contributed by atoms with van der Waals surface area (Å²) in [5.41, 5.74) is 1.05. The quantitative estimate of drug-likeness (QED) is 0.776. The van der Waals surface area contributed by atoms with Crippen LogP contribution < -0.4 is 0 Å². The Morgan fingerprint density at radius 2 is 2.28 bits per heavy atom. The zero-order valence-electron chi connectivity index (χ0n) is 9.77. The molecule has 0 aliphatic heterocycles. The molecule has 0 aliphatic rings. The van der Waals surface area contributed by atoms with Gasteiger partial charge in [0, 0.05) is 24.3 Å². The molecule has 0 N–H and O–H groups in total. The van der Waals surface area contributed by atoms with Crippen LogP contribution in [0.15, 0.2) is 28.8 Å². The molecule has 0 aliphatic carbocycles. The van der Waals surface area contributed by atoms with Crippen LogP contribution in [0.5, 0.6) is 0 Å². The second kappa shape index (κ2) is 6.18. The number of aryl methyl sites for hydroxylation is 1. The summed E-state index contributed by atoms with van der Waals surface area (Å²) in [4.78, 5) is 4.28. The molecule has 0 saturated carbocycles. The summed E-state index contributed by atoms with van der Waals surface area (Å²) in [5, 5.41) is 13.0. The fraction of sp³-hybridized carbons (Fsp3) is 0.308. The SMILES string of the molecule is N#CCCCc1nc(Cc2cccc(Cl)c2)no1. The van der Waals surface area contributed by atoms with Crippen LogP contribution >= 0.6 is 11.6 Å². The van der Waals surface area contributed by atoms with Crippen molar-refractivity contribution in [3.8, 4) is 6.07 Å². The van der Waals surface area contributed by atoms with Gasteiger partial charge in [-0.25, -0.2) is 0 Å². The minimum atomic E-state index is 0.506. The Bertz CT molecular complexity index is 559. The molecule has 0 unspecified atom stereocenters. The van der Waals surface area contributed by atoms with Gasteiger partial charge in [0.15, 0.2) is 5.82 Å². The molecule has 0 atom stereocenters. The third kappa shape index (κ3) is 3.57. The Kier molecular flexibility index (Phi) is 4.32. The number of rotatable bonds is 5. The predicted molar refractivity (Wildman–Crippen MR) is 67.1 cm³/mol. The van der Waals surface area contributed by atoms with Gasteiger partial charge in [0.2, 0.25) is 5.89 Å². The summed E-state index contributed by atoms with van der Waals surface area (Å²) in [6, 6.07) is 9.66. The van der Waals surface area contributed by atoms with E-state index in [4.69, 9.17) is 21.4 Å². The van der Waals surface area contributed by atoms with Crippen molar-refractivity contribution < 1.29 is 4.52 Å². The van der Waals surface area contributed by atoms with E-state index in [2.05, 4.69) is 16.2 Å². The molecular formula is C13H12ClN3O. The van der Waals surface area contributed by atoms with Crippen molar-refractivity contribution in [3.63, 3.8) is 0 Å². The van der Waals surface area contributed by atoms with Gasteiger partial charge < -0.3 is 4.52 Å². The molecule has 2 rings (SSSR count). The average Bonchev–Trinajstić information content (AvgIpc) is 2.77. The van der Waals surface area contributed by atoms with E-state index in [1.807, 2.05) is 24.3 Å². The minimum absolute atomic E-state index is 0.506. The average molecular weight is 262 g/mol. The first-order valence-corrected chi connectivity index (χ1v) is 6.08. The molecule has 1 aromatic carbocycles. The molecule has 5 heteroatoms. The Labute approximate surface area is 110 Å². The molecule has 4 nitrogen and oxygen atoms in total. The molecule has 0 radical (unpaired) electrons. The topological polar surface area (TPSA) is 62.7 Å². The summed E-state index contributed by atoms with van der Waals surface area (Å²) in [5.74, 6) is 1.23. The molecule has 18 heavy (non-hydrogen) atoms. The number of hydrogen-bond donors (Lipinski definition) is 0. The van der Waals surface area contributed by atoms with Gasteiger partial charge in [0.25, 0.3) is 0 Å². The van der Waals surface area contributed by atoms with Crippen LogP contribution in [0.4, 0.5) is 0 Å². The van der Waals surface area contributed by atoms with Crippen LogP contribution in [0.1, 0.15) is 30.1 Å². The van der Waals surface area contributed by atoms with E-state index in [0.29, 0.717) is 36.0 Å². The number of aromatic nitrogens is 2. The maximum atomic E-state index is 8.44. The fourth-order valence-corrected chi connectivity index (χ4v) is 1.82. The van der Waals surface area contributed by atoms with Gasteiger partial charge in [-0.3, -0.25) is 0 Å². The zero-order chi connectivity index (χ0) is 12.8. The smallest absolute Gasteiger partial charge is 0.226 e. The van der Waals surface area contributed by atoms with Crippen LogP contribution in [0.25, 0.3) is 0 Å². The largest absolute Gasteiger partial charge is 0.339 e. The molecule has 0 fully saturated rings. The van der Waals surface area contributed by atoms with Crippen LogP contribution in [0.3, 0.4) is 0 Å². The van der Waals surface area contributed by atoms with Gasteiger partial charge in [-0.05, 0) is 24.1 Å². The Morgan fingerprint density at radius 1 is 1.39 bits per heavy atom. The van der Waals surface area contributed by atoms with Crippen molar-refractivity contribution in [3.05, 3.63) is 46.6 Å². The van der Waals surface area contributed by atoms with E-state index in [9.17, 15) is 0 Å². The van der Waals surface area contributed by atoms with Gasteiger partial charge in [0.05, 0.1) is 6.07 Å². The van der Waals surface area contributed by atoms with Gasteiger partial charge in [-0.15, -0.1) is 0 Å². The van der Waals surface area contributed by atoms with Gasteiger partial charge >= 0.3 is 0 Å². The molecule has 0 bridgehead atoms. The number of halogens is 1. The first-order valence-electron chi connectivity index (χ1n) is 5.71. The van der Waals surface area contributed by atoms with Crippen molar-refractivity contribution >= 4 is 11.6 Å². The third-order valence-corrected chi connectivity index (χ3v) is 2.68. The van der Waals surface area contributed by atoms with Crippen LogP contribution in [-0.2, 0) is 12.8 Å². The summed E-state index contributed by atoms with van der Waals surface area (Å²) in [6.07, 6.45) is 2.50. The summed E-state index contributed by atoms with van der Waals surface area (Å²) >= 11 is 5.91. The molecule has 1 heterocycles. The lowest BCUT2D eigenvalue weighted by Gasteiger charge is -1.96. The minimum Gasteiger partial charge on any atom is -0.339 e. The molecule has 92 valence electrons. The lowest BCUT2D eigenvalue weighted by Crippen LogP contribution is -1.91. The van der Waals surface area contributed by atoms with Crippen LogP contribution in [0.2, 0.25) is 5.02 Å². The molecular weight excluding hydrogens is 250 g/mol. The lowest BCUT2D eigenvalue weighted by molar-refractivity contribution is 0.371. The van der Waals surface area contributed by atoms with Crippen LogP contribution in [-0.4, -0.2) is 10.1 Å². The highest BCUT2D eigenvalue weighted by molar-refractivity contribution is 6.30. The van der Waals surface area contributed by atoms with Crippen LogP contribution in [0, 0.1) is 11.3 Å². The Hall–Kier alpha value is -1.86. The van der Waals surface area contributed by atoms with Crippen molar-refractivity contribution in [2.75, 3.05) is 0 Å². The second-order valence-corrected chi connectivity index (χ2v) is 4.36. The van der Waals surface area contributed by atoms with Crippen molar-refractivity contribution in [2.45, 2.75) is 25.7 Å². The van der Waals surface area contributed by atoms with Gasteiger partial charge in [0.1, 0.15) is 0 Å². The van der Waals surface area contributed by atoms with E-state index in [0.717, 1.165) is 12.0 Å². The third-order valence-electron chi connectivity index (χ3n) is 2.44. The molecule has 0 amide bonds. The fourth-order valence-electron chi connectivity index (χ4n) is 1.61. The van der Waals surface area contributed by atoms with E-state index >= 15 is 0 Å². The maximum absolute atomic E-state index is 8.44. The molecule has 0 spiro atoms. The second-order valence-electron chi connectivity index (χ2n) is 3.92. The van der Waals surface area contributed by atoms with Gasteiger partial charge in [-0.2, -0.15) is 10.2 Å². The monoisotopic (exact) mass is 261 g/mol. The van der Waals surface area contributed by atoms with E-state index < -0.39 is 0 Å². The van der Waals surface area contributed by atoms with Crippen molar-refractivity contribution in [1.82, 2.24) is 10.1 Å². The Balaban J connectivity index is 1.96. The standard InChI is InChI=1S/C13H12ClN3O/c14-11-5-3-4-10(8-11)9-12-16-13(18-17-12)6-1-2-7-15/h3-5,8H,1-2,6,9H2. The lowest BCUT2D eigenvalue weighted by atomic mass is 10.1. The number of nitrogens with zero attached hydrogens (tertiary/aromatic N) is 3. The predicted octanol–water partition coefficient (Wildman–Crippen LogP) is 3.16. The van der Waals surface area contributed by atoms with E-state index in [1.165, 1.54) is 0 Å². The number of nitriles is 1. The summed E-state index contributed by atoms with van der Waals surface area (Å²) in [7, 11) is 0. The molecule has 2 aromatic rings. The van der Waals surface area contributed by atoms with Gasteiger partial charge in [-0.1, -0.05) is 28.9 Å². The Morgan fingerprint density at radius 3 is 3.06 bits per heavy atom. The van der Waals surface area contributed by atoms with E-state index in [1.54, 1.807) is 0 Å². The summed E-state index contributed by atoms with van der Waals surface area (Å²) < 4.78 is 5.11. The number of unbranched alkanes of at least 4 members (excludes halogenated alkanes) is 1. The highest BCUT2D eigenvalue weighted by Gasteiger charge is 2.07. The van der Waals surface area contributed by atoms with Crippen molar-refractivity contribution in [2.24, 2.45) is 0 Å². The zero-order valence-corrected chi connectivity index (χ0v) is 10.5. The first-order chi connectivity index (χ1) is 8.78. The first kappa shape index (κ1) is 12.6. The molecule has 1 aromatic heterocycles. The highest BCUT2D eigenvalue weighted by atomic mass is 35.5. The molecule has 0 saturated heterocycles. The number of hydrogen-bond acceptors (Lipinski definition) is 4. The summed E-state index contributed by atoms with van der Waals surface area (Å²) in [6.45, 7) is 0. The highest BCUT2D eigenvalue weighted by Crippen LogP contribution is 2.13. The number of benzene rings is 1. The maximum Gasteiger partial charge on any atom is 0.226 e. The van der Waals surface area contributed by atoms with E-state index in [-0.39, 0.29) is 0 Å².